The van der Waals surface area contributed by atoms with Crippen LogP contribution in [0.2, 0.25) is 0 Å². The minimum Gasteiger partial charge on any atom is -0.462 e. The van der Waals surface area contributed by atoms with Crippen LogP contribution in [-0.2, 0) is 32.7 Å². The van der Waals surface area contributed by atoms with E-state index in [1.165, 1.54) is 244 Å². The minimum atomic E-state index is -4.38. The molecule has 0 aliphatic carbocycles. The molecule has 0 saturated heterocycles. The van der Waals surface area contributed by atoms with E-state index in [0.29, 0.717) is 6.42 Å². The summed E-state index contributed by atoms with van der Waals surface area (Å²) < 4.78 is 33.0. The van der Waals surface area contributed by atoms with Crippen molar-refractivity contribution in [3.05, 3.63) is 0 Å². The summed E-state index contributed by atoms with van der Waals surface area (Å²) in [4.78, 5) is 35.1. The molecule has 10 heteroatoms. The molecule has 0 rings (SSSR count). The SMILES string of the molecule is CCCCCCCCCCCCCCCCCCCCCCCCCC(=O)OCC(COP(=O)(O)OCCN)OC(=O)CCCCCCCCCCCCCCCCCCCCCCC. The van der Waals surface area contributed by atoms with Crippen LogP contribution in [0.5, 0.6) is 0 Å². The van der Waals surface area contributed by atoms with Gasteiger partial charge < -0.3 is 20.1 Å². The molecular weight excluding hydrogens is 834 g/mol. The molecule has 0 fully saturated rings. The number of hydrogen-bond donors (Lipinski definition) is 2. The summed E-state index contributed by atoms with van der Waals surface area (Å²) >= 11 is 0. The summed E-state index contributed by atoms with van der Waals surface area (Å²) in [6.45, 7) is 3.82. The first-order valence-electron chi connectivity index (χ1n) is 28.5. The van der Waals surface area contributed by atoms with Crippen LogP contribution in [0.15, 0.2) is 0 Å². The van der Waals surface area contributed by atoms with Crippen molar-refractivity contribution in [2.24, 2.45) is 5.73 Å². The van der Waals surface area contributed by atoms with Crippen molar-refractivity contribution >= 4 is 19.8 Å². The molecule has 65 heavy (non-hydrogen) atoms. The van der Waals surface area contributed by atoms with Crippen molar-refractivity contribution in [1.82, 2.24) is 0 Å². The highest BCUT2D eigenvalue weighted by molar-refractivity contribution is 7.47. The first-order valence-corrected chi connectivity index (χ1v) is 30.0. The van der Waals surface area contributed by atoms with Crippen molar-refractivity contribution in [3.63, 3.8) is 0 Å². The maximum absolute atomic E-state index is 12.7. The van der Waals surface area contributed by atoms with Gasteiger partial charge in [0.25, 0.3) is 0 Å². The van der Waals surface area contributed by atoms with Gasteiger partial charge in [-0.2, -0.15) is 0 Å². The number of rotatable bonds is 55. The molecule has 3 N–H and O–H groups in total. The van der Waals surface area contributed by atoms with Gasteiger partial charge in [-0.1, -0.05) is 284 Å². The molecule has 0 heterocycles. The summed E-state index contributed by atoms with van der Waals surface area (Å²) in [6, 6.07) is 0. The zero-order valence-corrected chi connectivity index (χ0v) is 44.2. The molecule has 0 aliphatic rings. The van der Waals surface area contributed by atoms with E-state index in [-0.39, 0.29) is 38.6 Å². The van der Waals surface area contributed by atoms with Crippen LogP contribution in [0.3, 0.4) is 0 Å². The van der Waals surface area contributed by atoms with Gasteiger partial charge in [-0.05, 0) is 12.8 Å². The number of carbonyl (C=O) groups is 2. The Labute approximate surface area is 403 Å². The van der Waals surface area contributed by atoms with Crippen LogP contribution in [0.4, 0.5) is 0 Å². The number of ether oxygens (including phenoxy) is 2. The second kappa shape index (κ2) is 52.4. The smallest absolute Gasteiger partial charge is 0.462 e. The van der Waals surface area contributed by atoms with Crippen molar-refractivity contribution in [3.8, 4) is 0 Å². The lowest BCUT2D eigenvalue weighted by atomic mass is 10.0. The third kappa shape index (κ3) is 52.2. The van der Waals surface area contributed by atoms with Gasteiger partial charge in [0.2, 0.25) is 0 Å². The lowest BCUT2D eigenvalue weighted by Gasteiger charge is -2.19. The standard InChI is InChI=1S/C55H110NO8P/c1-3-5-7-9-11-13-15-17-19-21-23-25-26-28-29-31-33-35-37-39-41-43-45-47-54(57)61-51-53(52-63-65(59,60)62-50-49-56)64-55(58)48-46-44-42-40-38-36-34-32-30-27-24-22-20-18-16-14-12-10-8-6-4-2/h53H,3-52,56H2,1-2H3,(H,59,60). The zero-order valence-electron chi connectivity index (χ0n) is 43.3. The lowest BCUT2D eigenvalue weighted by molar-refractivity contribution is -0.161. The van der Waals surface area contributed by atoms with Gasteiger partial charge in [0, 0.05) is 19.4 Å². The third-order valence-electron chi connectivity index (χ3n) is 13.0. The Bertz CT molecular complexity index is 1030. The Balaban J connectivity index is 3.92. The molecule has 0 bridgehead atoms. The van der Waals surface area contributed by atoms with E-state index in [2.05, 4.69) is 13.8 Å². The number of phosphoric acid groups is 1. The van der Waals surface area contributed by atoms with Crippen molar-refractivity contribution in [2.75, 3.05) is 26.4 Å². The molecule has 388 valence electrons. The van der Waals surface area contributed by atoms with E-state index < -0.39 is 26.5 Å². The van der Waals surface area contributed by atoms with Gasteiger partial charge in [-0.25, -0.2) is 4.57 Å². The van der Waals surface area contributed by atoms with Crippen molar-refractivity contribution in [2.45, 2.75) is 315 Å². The topological polar surface area (TPSA) is 134 Å². The van der Waals surface area contributed by atoms with Crippen LogP contribution in [0.1, 0.15) is 309 Å². The minimum absolute atomic E-state index is 0.0586. The van der Waals surface area contributed by atoms with E-state index in [1.54, 1.807) is 0 Å². The summed E-state index contributed by atoms with van der Waals surface area (Å²) in [6.07, 6.45) is 57.3. The van der Waals surface area contributed by atoms with Crippen molar-refractivity contribution in [1.29, 1.82) is 0 Å². The number of carbonyl (C=O) groups excluding carboxylic acids is 2. The van der Waals surface area contributed by atoms with E-state index >= 15 is 0 Å². The molecular formula is C55H110NO8P. The predicted octanol–water partition coefficient (Wildman–Crippen LogP) is 17.5. The third-order valence-corrected chi connectivity index (χ3v) is 14.0. The highest BCUT2D eigenvalue weighted by atomic mass is 31.2. The number of phosphoric ester groups is 1. The summed E-state index contributed by atoms with van der Waals surface area (Å²) in [5, 5.41) is 0. The quantitative estimate of drug-likeness (QED) is 0.0347. The molecule has 0 aliphatic heterocycles. The number of esters is 2. The predicted molar refractivity (Wildman–Crippen MR) is 275 cm³/mol. The molecule has 2 atom stereocenters. The summed E-state index contributed by atoms with van der Waals surface area (Å²) in [7, 11) is -4.38. The number of nitrogens with two attached hydrogens (primary N) is 1. The van der Waals surface area contributed by atoms with Gasteiger partial charge in [0.15, 0.2) is 6.10 Å². The van der Waals surface area contributed by atoms with Gasteiger partial charge in [-0.3, -0.25) is 18.6 Å². The van der Waals surface area contributed by atoms with Crippen molar-refractivity contribution < 1.29 is 37.6 Å². The van der Waals surface area contributed by atoms with Gasteiger partial charge in [0.05, 0.1) is 13.2 Å². The number of hydrogen-bond acceptors (Lipinski definition) is 8. The fourth-order valence-corrected chi connectivity index (χ4v) is 9.52. The fourth-order valence-electron chi connectivity index (χ4n) is 8.76. The molecule has 9 nitrogen and oxygen atoms in total. The van der Waals surface area contributed by atoms with E-state index in [1.807, 2.05) is 0 Å². The molecule has 0 amide bonds. The molecule has 0 radical (unpaired) electrons. The second-order valence-electron chi connectivity index (χ2n) is 19.5. The molecule has 0 aromatic rings. The van der Waals surface area contributed by atoms with E-state index in [0.717, 1.165) is 32.1 Å². The fraction of sp³-hybridized carbons (Fsp3) is 0.964. The van der Waals surface area contributed by atoms with Crippen LogP contribution >= 0.6 is 7.82 Å². The summed E-state index contributed by atoms with van der Waals surface area (Å²) in [5.41, 5.74) is 5.38. The second-order valence-corrected chi connectivity index (χ2v) is 21.0. The maximum Gasteiger partial charge on any atom is 0.472 e. The van der Waals surface area contributed by atoms with Crippen LogP contribution in [-0.4, -0.2) is 49.3 Å². The first kappa shape index (κ1) is 64.0. The molecule has 0 aromatic heterocycles. The Kier molecular flexibility index (Phi) is 51.6. The molecule has 2 unspecified atom stereocenters. The monoisotopic (exact) mass is 944 g/mol. The Morgan fingerprint density at radius 3 is 0.938 bits per heavy atom. The maximum atomic E-state index is 12.7. The Morgan fingerprint density at radius 2 is 0.662 bits per heavy atom. The number of unbranched alkanes of at least 4 members (excludes halogenated alkanes) is 42. The highest BCUT2D eigenvalue weighted by Gasteiger charge is 2.26. The molecule has 0 aromatic carbocycles. The summed E-state index contributed by atoms with van der Waals surface area (Å²) in [5.74, 6) is -0.802. The zero-order chi connectivity index (χ0) is 47.4. The van der Waals surface area contributed by atoms with Crippen LogP contribution in [0, 0.1) is 0 Å². The lowest BCUT2D eigenvalue weighted by Crippen LogP contribution is -2.29. The van der Waals surface area contributed by atoms with E-state index in [9.17, 15) is 19.0 Å². The molecule has 0 spiro atoms. The average Bonchev–Trinajstić information content (AvgIpc) is 3.30. The highest BCUT2D eigenvalue weighted by Crippen LogP contribution is 2.43. The van der Waals surface area contributed by atoms with Gasteiger partial charge in [0.1, 0.15) is 6.61 Å². The van der Waals surface area contributed by atoms with Gasteiger partial charge in [-0.15, -0.1) is 0 Å². The van der Waals surface area contributed by atoms with Crippen LogP contribution < -0.4 is 5.73 Å². The molecule has 0 saturated carbocycles. The Hall–Kier alpha value is -0.990. The first-order chi connectivity index (χ1) is 31.8. The average molecular weight is 944 g/mol. The normalized spacial score (nSPS) is 13.0. The van der Waals surface area contributed by atoms with E-state index in [4.69, 9.17) is 24.3 Å². The Morgan fingerprint density at radius 1 is 0.400 bits per heavy atom. The van der Waals surface area contributed by atoms with Crippen LogP contribution in [0.25, 0.3) is 0 Å². The largest absolute Gasteiger partial charge is 0.472 e. The van der Waals surface area contributed by atoms with Gasteiger partial charge >= 0.3 is 19.8 Å².